The molecule has 3 rings (SSSR count). The van der Waals surface area contributed by atoms with Crippen molar-refractivity contribution in [2.45, 2.75) is 38.8 Å². The summed E-state index contributed by atoms with van der Waals surface area (Å²) in [6, 6.07) is 1.31. The lowest BCUT2D eigenvalue weighted by Gasteiger charge is -2.22. The Morgan fingerprint density at radius 3 is 2.38 bits per heavy atom. The van der Waals surface area contributed by atoms with Crippen LogP contribution >= 0.6 is 0 Å². The molecule has 2 atom stereocenters. The van der Waals surface area contributed by atoms with E-state index in [4.69, 9.17) is 0 Å². The maximum atomic E-state index is 4.13. The van der Waals surface area contributed by atoms with Crippen molar-refractivity contribution in [2.24, 2.45) is 11.8 Å². The van der Waals surface area contributed by atoms with Crippen molar-refractivity contribution in [3.63, 3.8) is 0 Å². The molecule has 2 heterocycles. The molecule has 0 bridgehead atoms. The molecule has 0 aromatic carbocycles. The number of nitrogens with zero attached hydrogens (tertiary/aromatic N) is 4. The summed E-state index contributed by atoms with van der Waals surface area (Å²) in [4.78, 5) is 2.62. The minimum atomic E-state index is 0.604. The summed E-state index contributed by atoms with van der Waals surface area (Å²) in [5.41, 5.74) is 0. The van der Waals surface area contributed by atoms with Crippen LogP contribution in [0, 0.1) is 11.8 Å². The number of aromatic nitrogens is 3. The van der Waals surface area contributed by atoms with E-state index in [1.807, 2.05) is 6.20 Å². The normalized spacial score (nSPS) is 34.8. The SMILES string of the molecule is CC(C)N1CC2CC(n3ccnn3)CC2C1. The molecule has 1 aromatic rings. The zero-order valence-electron chi connectivity index (χ0n) is 10.1. The van der Waals surface area contributed by atoms with E-state index >= 15 is 0 Å². The molecule has 1 aliphatic carbocycles. The van der Waals surface area contributed by atoms with Gasteiger partial charge in [-0.1, -0.05) is 5.21 Å². The zero-order valence-corrected chi connectivity index (χ0v) is 10.1. The predicted octanol–water partition coefficient (Wildman–Crippen LogP) is 1.57. The minimum absolute atomic E-state index is 0.604. The van der Waals surface area contributed by atoms with Crippen LogP contribution in [0.1, 0.15) is 32.7 Å². The zero-order chi connectivity index (χ0) is 11.1. The molecule has 88 valence electrons. The lowest BCUT2D eigenvalue weighted by Crippen LogP contribution is -2.29. The van der Waals surface area contributed by atoms with E-state index in [2.05, 4.69) is 33.7 Å². The van der Waals surface area contributed by atoms with Crippen LogP contribution in [0.2, 0.25) is 0 Å². The Morgan fingerprint density at radius 2 is 1.88 bits per heavy atom. The lowest BCUT2D eigenvalue weighted by atomic mass is 10.0. The van der Waals surface area contributed by atoms with Crippen LogP contribution in [-0.2, 0) is 0 Å². The van der Waals surface area contributed by atoms with Crippen molar-refractivity contribution in [3.8, 4) is 0 Å². The van der Waals surface area contributed by atoms with Gasteiger partial charge in [-0.3, -0.25) is 0 Å². The van der Waals surface area contributed by atoms with Gasteiger partial charge in [0.25, 0.3) is 0 Å². The topological polar surface area (TPSA) is 34.0 Å². The Hall–Kier alpha value is -0.900. The molecule has 2 fully saturated rings. The Labute approximate surface area is 96.6 Å². The standard InChI is InChI=1S/C12H20N4/c1-9(2)15-7-10-5-12(6-11(10)8-15)16-4-3-13-14-16/h3-4,9-12H,5-8H2,1-2H3. The second kappa shape index (κ2) is 3.84. The molecule has 4 nitrogen and oxygen atoms in total. The van der Waals surface area contributed by atoms with E-state index in [-0.39, 0.29) is 0 Å². The van der Waals surface area contributed by atoms with Gasteiger partial charge in [0.1, 0.15) is 0 Å². The molecule has 1 aromatic heterocycles. The van der Waals surface area contributed by atoms with E-state index in [9.17, 15) is 0 Å². The first kappa shape index (κ1) is 10.3. The summed E-state index contributed by atoms with van der Waals surface area (Å²) in [7, 11) is 0. The number of hydrogen-bond acceptors (Lipinski definition) is 3. The summed E-state index contributed by atoms with van der Waals surface area (Å²) in [6.07, 6.45) is 6.37. The van der Waals surface area contributed by atoms with Crippen LogP contribution in [0.25, 0.3) is 0 Å². The van der Waals surface area contributed by atoms with E-state index in [0.29, 0.717) is 12.1 Å². The van der Waals surface area contributed by atoms with Crippen molar-refractivity contribution in [3.05, 3.63) is 12.4 Å². The highest BCUT2D eigenvalue weighted by Crippen LogP contribution is 2.43. The predicted molar refractivity (Wildman–Crippen MR) is 62.0 cm³/mol. The van der Waals surface area contributed by atoms with Crippen molar-refractivity contribution < 1.29 is 0 Å². The van der Waals surface area contributed by atoms with Crippen molar-refractivity contribution >= 4 is 0 Å². The molecule has 4 heteroatoms. The van der Waals surface area contributed by atoms with Gasteiger partial charge in [-0.2, -0.15) is 0 Å². The molecule has 1 saturated carbocycles. The molecule has 16 heavy (non-hydrogen) atoms. The van der Waals surface area contributed by atoms with Gasteiger partial charge in [0.05, 0.1) is 12.2 Å². The lowest BCUT2D eigenvalue weighted by molar-refractivity contribution is 0.243. The first-order valence-electron chi connectivity index (χ1n) is 6.34. The van der Waals surface area contributed by atoms with E-state index < -0.39 is 0 Å². The molecular formula is C12H20N4. The Balaban J connectivity index is 1.65. The molecule has 1 aliphatic heterocycles. The Morgan fingerprint density at radius 1 is 1.19 bits per heavy atom. The molecule has 0 amide bonds. The first-order valence-corrected chi connectivity index (χ1v) is 6.34. The molecule has 1 saturated heterocycles. The smallest absolute Gasteiger partial charge is 0.0693 e. The summed E-state index contributed by atoms with van der Waals surface area (Å²) in [6.45, 7) is 7.17. The fourth-order valence-electron chi connectivity index (χ4n) is 3.35. The Kier molecular flexibility index (Phi) is 2.46. The first-order chi connectivity index (χ1) is 7.74. The van der Waals surface area contributed by atoms with Gasteiger partial charge in [0, 0.05) is 25.3 Å². The molecule has 0 radical (unpaired) electrons. The van der Waals surface area contributed by atoms with Crippen molar-refractivity contribution in [1.82, 2.24) is 19.9 Å². The fraction of sp³-hybridized carbons (Fsp3) is 0.833. The highest BCUT2D eigenvalue weighted by atomic mass is 15.4. The van der Waals surface area contributed by atoms with Crippen molar-refractivity contribution in [2.75, 3.05) is 13.1 Å². The van der Waals surface area contributed by atoms with Gasteiger partial charge in [0.2, 0.25) is 0 Å². The van der Waals surface area contributed by atoms with Crippen LogP contribution in [0.15, 0.2) is 12.4 Å². The molecule has 2 aliphatic rings. The summed E-state index contributed by atoms with van der Waals surface area (Å²) < 4.78 is 2.05. The van der Waals surface area contributed by atoms with Crippen molar-refractivity contribution in [1.29, 1.82) is 0 Å². The van der Waals surface area contributed by atoms with E-state index in [0.717, 1.165) is 11.8 Å². The van der Waals surface area contributed by atoms with Gasteiger partial charge < -0.3 is 4.90 Å². The van der Waals surface area contributed by atoms with Gasteiger partial charge in [-0.05, 0) is 38.5 Å². The number of likely N-dealkylation sites (tertiary alicyclic amines) is 1. The largest absolute Gasteiger partial charge is 0.300 e. The van der Waals surface area contributed by atoms with Crippen LogP contribution in [0.5, 0.6) is 0 Å². The molecule has 0 spiro atoms. The number of hydrogen-bond donors (Lipinski definition) is 0. The number of rotatable bonds is 2. The molecule has 0 N–H and O–H groups in total. The highest BCUT2D eigenvalue weighted by molar-refractivity contribution is 4.95. The van der Waals surface area contributed by atoms with E-state index in [1.54, 1.807) is 6.20 Å². The van der Waals surface area contributed by atoms with Crippen LogP contribution in [0.4, 0.5) is 0 Å². The second-order valence-corrected chi connectivity index (χ2v) is 5.58. The fourth-order valence-corrected chi connectivity index (χ4v) is 3.35. The average Bonchev–Trinajstić information content (AvgIpc) is 2.91. The summed E-state index contributed by atoms with van der Waals surface area (Å²) in [5, 5.41) is 8.04. The van der Waals surface area contributed by atoms with Crippen LogP contribution in [0.3, 0.4) is 0 Å². The third kappa shape index (κ3) is 1.65. The third-order valence-electron chi connectivity index (χ3n) is 4.30. The molecular weight excluding hydrogens is 200 g/mol. The maximum Gasteiger partial charge on any atom is 0.0693 e. The van der Waals surface area contributed by atoms with Gasteiger partial charge in [0.15, 0.2) is 0 Å². The summed E-state index contributed by atoms with van der Waals surface area (Å²) in [5.74, 6) is 1.77. The quantitative estimate of drug-likeness (QED) is 0.758. The number of fused-ring (bicyclic) bond motifs is 1. The monoisotopic (exact) mass is 220 g/mol. The maximum absolute atomic E-state index is 4.13. The highest BCUT2D eigenvalue weighted by Gasteiger charge is 2.42. The Bertz CT molecular complexity index is 332. The van der Waals surface area contributed by atoms with Gasteiger partial charge in [-0.15, -0.1) is 5.10 Å². The minimum Gasteiger partial charge on any atom is -0.300 e. The van der Waals surface area contributed by atoms with Crippen LogP contribution in [-0.4, -0.2) is 39.0 Å². The molecule has 2 unspecified atom stereocenters. The van der Waals surface area contributed by atoms with E-state index in [1.165, 1.54) is 25.9 Å². The van der Waals surface area contributed by atoms with Gasteiger partial charge >= 0.3 is 0 Å². The van der Waals surface area contributed by atoms with Crippen LogP contribution < -0.4 is 0 Å². The van der Waals surface area contributed by atoms with Gasteiger partial charge in [-0.25, -0.2) is 4.68 Å². The average molecular weight is 220 g/mol. The summed E-state index contributed by atoms with van der Waals surface area (Å²) >= 11 is 0. The second-order valence-electron chi connectivity index (χ2n) is 5.58. The third-order valence-corrected chi connectivity index (χ3v) is 4.30.